The zero-order chi connectivity index (χ0) is 21.5. The van der Waals surface area contributed by atoms with Crippen molar-refractivity contribution in [1.29, 1.82) is 5.26 Å². The van der Waals surface area contributed by atoms with E-state index in [2.05, 4.69) is 15.0 Å². The predicted molar refractivity (Wildman–Crippen MR) is 86.7 cm³/mol. The first kappa shape index (κ1) is 9.50. The Bertz CT molecular complexity index is 983. The summed E-state index contributed by atoms with van der Waals surface area (Å²) in [5.74, 6) is -0.643. The monoisotopic (exact) mass is 318 g/mol. The minimum Gasteiger partial charge on any atom is -0.354 e. The molecule has 2 aromatic heterocycles. The second kappa shape index (κ2) is 6.24. The number of likely N-dealkylation sites (tertiary alicyclic amines) is 1. The number of aromatic nitrogens is 3. The van der Waals surface area contributed by atoms with Gasteiger partial charge in [-0.05, 0) is 18.4 Å². The predicted octanol–water partition coefficient (Wildman–Crippen LogP) is 1.54. The molecule has 1 saturated heterocycles. The van der Waals surface area contributed by atoms with Crippen LogP contribution in [0.25, 0.3) is 11.0 Å². The Labute approximate surface area is 143 Å². The smallest absolute Gasteiger partial charge is 0.236 e. The van der Waals surface area contributed by atoms with Crippen molar-refractivity contribution < 1.29 is 13.0 Å². The fraction of sp³-hybridized carbons (Fsp3) is 0.500. The molecule has 1 amide bonds. The molecule has 3 heterocycles. The second-order valence-corrected chi connectivity index (χ2v) is 5.62. The molecule has 0 bridgehead atoms. The molecule has 0 spiro atoms. The van der Waals surface area contributed by atoms with Gasteiger partial charge in [0, 0.05) is 30.4 Å². The van der Waals surface area contributed by atoms with Gasteiger partial charge in [0.05, 0.1) is 20.2 Å². The third kappa shape index (κ3) is 2.84. The van der Waals surface area contributed by atoms with E-state index < -0.39 is 19.3 Å². The molecule has 7 nitrogen and oxygen atoms in total. The van der Waals surface area contributed by atoms with Crippen LogP contribution in [-0.4, -0.2) is 51.9 Å². The van der Waals surface area contributed by atoms with Crippen molar-refractivity contribution in [3.8, 4) is 6.07 Å². The summed E-state index contributed by atoms with van der Waals surface area (Å²) < 4.78 is 48.1. The number of H-pyrrole nitrogens is 1. The molecule has 2 aromatic rings. The standard InChI is InChI=1S/C16H20N6O/c1-11-5-8-22(14(23)3-6-17)9-13(11)21(2)16-12-4-7-18-15(12)19-10-20-16/h4,7,10-11,13H,3,5,8-9H2,1-2H3,(H,18,19,20)/t11-,13+/m1/s1/i2D3,4D,7D,10D. The van der Waals surface area contributed by atoms with Crippen LogP contribution in [0.4, 0.5) is 5.82 Å². The summed E-state index contributed by atoms with van der Waals surface area (Å²) >= 11 is 0. The molecule has 3 rings (SSSR count). The number of likely N-dealkylation sites (N-methyl/N-ethyl adjacent to an activating group) is 1. The summed E-state index contributed by atoms with van der Waals surface area (Å²) in [4.78, 5) is 25.2. The number of hydrogen-bond acceptors (Lipinski definition) is 5. The van der Waals surface area contributed by atoms with Gasteiger partial charge in [0.1, 0.15) is 25.6 Å². The van der Waals surface area contributed by atoms with Gasteiger partial charge >= 0.3 is 0 Å². The average Bonchev–Trinajstić information content (AvgIpc) is 2.89. The van der Waals surface area contributed by atoms with Crippen LogP contribution >= 0.6 is 0 Å². The highest BCUT2D eigenvalue weighted by Crippen LogP contribution is 2.28. The lowest BCUT2D eigenvalue weighted by Crippen LogP contribution is -2.52. The van der Waals surface area contributed by atoms with Crippen molar-refractivity contribution in [2.45, 2.75) is 25.8 Å². The van der Waals surface area contributed by atoms with Gasteiger partial charge in [0.2, 0.25) is 5.91 Å². The van der Waals surface area contributed by atoms with Crippen molar-refractivity contribution in [3.63, 3.8) is 0 Å². The van der Waals surface area contributed by atoms with E-state index >= 15 is 0 Å². The van der Waals surface area contributed by atoms with Crippen LogP contribution in [0.2, 0.25) is 0 Å². The van der Waals surface area contributed by atoms with Crippen molar-refractivity contribution in [2.24, 2.45) is 5.92 Å². The maximum absolute atomic E-state index is 12.2. The maximum atomic E-state index is 12.2. The largest absolute Gasteiger partial charge is 0.354 e. The molecule has 0 radical (unpaired) electrons. The van der Waals surface area contributed by atoms with Crippen LogP contribution in [0, 0.1) is 17.2 Å². The first-order valence-electron chi connectivity index (χ1n) is 10.3. The number of aromatic amines is 1. The van der Waals surface area contributed by atoms with E-state index in [1.165, 1.54) is 4.90 Å². The third-order valence-corrected chi connectivity index (χ3v) is 4.21. The molecule has 23 heavy (non-hydrogen) atoms. The lowest BCUT2D eigenvalue weighted by Gasteiger charge is -2.42. The molecule has 2 atom stereocenters. The number of nitrogens with one attached hydrogen (secondary N) is 1. The summed E-state index contributed by atoms with van der Waals surface area (Å²) in [6.45, 7) is -0.324. The molecular formula is C16H20N6O. The molecule has 1 fully saturated rings. The second-order valence-electron chi connectivity index (χ2n) is 5.62. The summed E-state index contributed by atoms with van der Waals surface area (Å²) in [6.07, 6.45) is -0.459. The van der Waals surface area contributed by atoms with Crippen LogP contribution in [0.15, 0.2) is 18.5 Å². The van der Waals surface area contributed by atoms with Crippen molar-refractivity contribution in [3.05, 3.63) is 18.5 Å². The van der Waals surface area contributed by atoms with Gasteiger partial charge in [0.25, 0.3) is 0 Å². The molecule has 0 aromatic carbocycles. The van der Waals surface area contributed by atoms with E-state index in [9.17, 15) is 4.79 Å². The minimum absolute atomic E-state index is 0.0464. The van der Waals surface area contributed by atoms with Crippen LogP contribution < -0.4 is 4.90 Å². The van der Waals surface area contributed by atoms with Crippen LogP contribution in [0.5, 0.6) is 0 Å². The molecule has 1 N–H and O–H groups in total. The lowest BCUT2D eigenvalue weighted by atomic mass is 9.92. The maximum Gasteiger partial charge on any atom is 0.236 e. The normalized spacial score (nSPS) is 25.5. The number of carbonyl (C=O) groups excluding carboxylic acids is 1. The van der Waals surface area contributed by atoms with Crippen LogP contribution in [-0.2, 0) is 4.79 Å². The zero-order valence-corrected chi connectivity index (χ0v) is 12.6. The summed E-state index contributed by atoms with van der Waals surface area (Å²) in [7, 11) is 0. The Morgan fingerprint density at radius 1 is 1.70 bits per heavy atom. The van der Waals surface area contributed by atoms with Gasteiger partial charge in [-0.15, -0.1) is 0 Å². The first-order valence-corrected chi connectivity index (χ1v) is 7.32. The van der Waals surface area contributed by atoms with E-state index in [0.717, 1.165) is 4.90 Å². The molecule has 1 aliphatic heterocycles. The summed E-state index contributed by atoms with van der Waals surface area (Å²) in [6, 6.07) is 0.873. The quantitative estimate of drug-likeness (QED) is 0.927. The van der Waals surface area contributed by atoms with Gasteiger partial charge in [-0.3, -0.25) is 4.79 Å². The number of fused-ring (bicyclic) bond motifs is 1. The number of anilines is 1. The van der Waals surface area contributed by atoms with Gasteiger partial charge in [-0.1, -0.05) is 6.92 Å². The minimum atomic E-state index is -2.68. The molecule has 0 aliphatic carbocycles. The summed E-state index contributed by atoms with van der Waals surface area (Å²) in [5, 5.41) is 8.86. The van der Waals surface area contributed by atoms with Gasteiger partial charge in [-0.2, -0.15) is 5.26 Å². The fourth-order valence-electron chi connectivity index (χ4n) is 2.82. The highest BCUT2D eigenvalue weighted by Gasteiger charge is 2.32. The van der Waals surface area contributed by atoms with E-state index in [1.807, 2.05) is 13.0 Å². The Balaban J connectivity index is 2.14. The van der Waals surface area contributed by atoms with E-state index in [-0.39, 0.29) is 53.9 Å². The highest BCUT2D eigenvalue weighted by molar-refractivity contribution is 5.87. The Morgan fingerprint density at radius 2 is 2.57 bits per heavy atom. The third-order valence-electron chi connectivity index (χ3n) is 4.21. The summed E-state index contributed by atoms with van der Waals surface area (Å²) in [5.41, 5.74) is 0.0464. The van der Waals surface area contributed by atoms with Gasteiger partial charge in [-0.25, -0.2) is 9.97 Å². The van der Waals surface area contributed by atoms with Crippen LogP contribution in [0.3, 0.4) is 0 Å². The average molecular weight is 318 g/mol. The van der Waals surface area contributed by atoms with Gasteiger partial charge < -0.3 is 14.8 Å². The van der Waals surface area contributed by atoms with Crippen molar-refractivity contribution in [2.75, 3.05) is 25.0 Å². The molecule has 120 valence electrons. The number of piperidine rings is 1. The number of amides is 1. The Morgan fingerprint density at radius 3 is 3.35 bits per heavy atom. The zero-order valence-electron chi connectivity index (χ0n) is 18.6. The first-order chi connectivity index (χ1) is 13.5. The molecular weight excluding hydrogens is 292 g/mol. The Hall–Kier alpha value is -2.62. The molecule has 1 aliphatic rings. The Kier molecular flexibility index (Phi) is 2.58. The van der Waals surface area contributed by atoms with E-state index in [0.29, 0.717) is 13.0 Å². The van der Waals surface area contributed by atoms with E-state index in [4.69, 9.17) is 13.5 Å². The molecule has 7 heteroatoms. The number of hydrogen-bond donors (Lipinski definition) is 1. The highest BCUT2D eigenvalue weighted by atomic mass is 16.2. The molecule has 0 saturated carbocycles. The lowest BCUT2D eigenvalue weighted by molar-refractivity contribution is -0.131. The van der Waals surface area contributed by atoms with Gasteiger partial charge in [0.15, 0.2) is 0 Å². The number of nitrogens with zero attached hydrogens (tertiary/aromatic N) is 5. The topological polar surface area (TPSA) is 88.9 Å². The number of carbonyl (C=O) groups is 1. The fourth-order valence-corrected chi connectivity index (χ4v) is 2.82. The van der Waals surface area contributed by atoms with Crippen LogP contribution in [0.1, 0.15) is 28.0 Å². The SMILES string of the molecule is [2H]c1nc(N([C@H]2CN(C(=O)CC#N)CC[C@H]2C)C([2H])([2H])[2H])c2c([2H])c([2H])[nH]c2n1. The number of nitriles is 1. The van der Waals surface area contributed by atoms with Crippen molar-refractivity contribution >= 4 is 22.8 Å². The number of rotatable bonds is 3. The van der Waals surface area contributed by atoms with E-state index in [1.54, 1.807) is 0 Å². The molecule has 0 unspecified atom stereocenters. The van der Waals surface area contributed by atoms with Crippen molar-refractivity contribution in [1.82, 2.24) is 19.9 Å².